The number of nitrogens with one attached hydrogen (secondary N) is 2. The van der Waals surface area contributed by atoms with Crippen molar-refractivity contribution in [1.29, 1.82) is 0 Å². The fourth-order valence-electron chi connectivity index (χ4n) is 3.12. The van der Waals surface area contributed by atoms with Crippen LogP contribution < -0.4 is 17.1 Å². The summed E-state index contributed by atoms with van der Waals surface area (Å²) in [5.74, 6) is 0. The van der Waals surface area contributed by atoms with E-state index in [4.69, 9.17) is 13.3 Å². The SMILES string of the molecule is C=CCC(CC=C)(CCn1c(=O)[nH]c(=O)[nH]c1=O)[Si](OC)(OC)OC. The average Bonchev–Trinajstić information content (AvgIpc) is 2.56. The first kappa shape index (κ1) is 21.0. The molecule has 0 aromatic carbocycles. The van der Waals surface area contributed by atoms with Crippen molar-refractivity contribution in [3.05, 3.63) is 56.8 Å². The molecule has 1 heterocycles. The normalized spacial score (nSPS) is 12.1. The molecule has 10 heteroatoms. The summed E-state index contributed by atoms with van der Waals surface area (Å²) < 4.78 is 17.8. The van der Waals surface area contributed by atoms with Gasteiger partial charge in [0.05, 0.1) is 0 Å². The first-order valence-electron chi connectivity index (χ1n) is 7.66. The summed E-state index contributed by atoms with van der Waals surface area (Å²) in [5.41, 5.74) is -2.40. The molecule has 1 aromatic heterocycles. The van der Waals surface area contributed by atoms with Crippen molar-refractivity contribution in [2.24, 2.45) is 0 Å². The van der Waals surface area contributed by atoms with E-state index >= 15 is 0 Å². The number of hydrogen-bond acceptors (Lipinski definition) is 6. The minimum Gasteiger partial charge on any atom is -0.376 e. The Bertz CT molecular complexity index is 709. The Hall–Kier alpha value is -2.01. The minimum atomic E-state index is -3.18. The van der Waals surface area contributed by atoms with Crippen molar-refractivity contribution < 1.29 is 13.3 Å². The van der Waals surface area contributed by atoms with Crippen LogP contribution in [0.5, 0.6) is 0 Å². The van der Waals surface area contributed by atoms with E-state index in [1.165, 1.54) is 21.3 Å². The zero-order chi connectivity index (χ0) is 19.1. The molecule has 0 aliphatic heterocycles. The van der Waals surface area contributed by atoms with Crippen LogP contribution >= 0.6 is 0 Å². The van der Waals surface area contributed by atoms with Gasteiger partial charge in [0.1, 0.15) is 0 Å². The molecule has 0 aliphatic rings. The molecule has 0 fully saturated rings. The third-order valence-electron chi connectivity index (χ3n) is 4.27. The first-order chi connectivity index (χ1) is 11.8. The number of aromatic nitrogens is 3. The summed E-state index contributed by atoms with van der Waals surface area (Å²) in [6, 6.07) is 0. The molecule has 1 aromatic rings. The van der Waals surface area contributed by atoms with Gasteiger partial charge < -0.3 is 13.3 Å². The van der Waals surface area contributed by atoms with Crippen LogP contribution in [-0.2, 0) is 19.8 Å². The van der Waals surface area contributed by atoms with E-state index in [-0.39, 0.29) is 6.54 Å². The molecule has 0 spiro atoms. The summed E-state index contributed by atoms with van der Waals surface area (Å²) in [7, 11) is 1.32. The van der Waals surface area contributed by atoms with E-state index in [9.17, 15) is 14.4 Å². The maximum atomic E-state index is 11.9. The lowest BCUT2D eigenvalue weighted by Crippen LogP contribution is -2.55. The average molecular weight is 371 g/mol. The van der Waals surface area contributed by atoms with Crippen LogP contribution in [0.25, 0.3) is 0 Å². The maximum Gasteiger partial charge on any atom is 0.507 e. The van der Waals surface area contributed by atoms with Gasteiger partial charge in [-0.3, -0.25) is 9.97 Å². The Kier molecular flexibility index (Phi) is 7.49. The highest BCUT2D eigenvalue weighted by Gasteiger charge is 2.58. The maximum absolute atomic E-state index is 11.9. The molecule has 1 rings (SSSR count). The van der Waals surface area contributed by atoms with Gasteiger partial charge in [0.25, 0.3) is 0 Å². The third-order valence-corrected chi connectivity index (χ3v) is 7.84. The summed E-state index contributed by atoms with van der Waals surface area (Å²) >= 11 is 0. The minimum absolute atomic E-state index is 0.0391. The molecule has 0 aliphatic carbocycles. The van der Waals surface area contributed by atoms with Crippen LogP contribution in [0.1, 0.15) is 19.3 Å². The van der Waals surface area contributed by atoms with E-state index < -0.39 is 30.9 Å². The number of allylic oxidation sites excluding steroid dienone is 2. The van der Waals surface area contributed by atoms with Gasteiger partial charge >= 0.3 is 25.9 Å². The largest absolute Gasteiger partial charge is 0.507 e. The molecule has 9 nitrogen and oxygen atoms in total. The molecule has 0 amide bonds. The summed E-state index contributed by atoms with van der Waals surface area (Å²) in [6.07, 6.45) is 4.68. The van der Waals surface area contributed by atoms with Crippen LogP contribution in [-0.4, -0.2) is 44.7 Å². The van der Waals surface area contributed by atoms with Crippen molar-refractivity contribution in [3.8, 4) is 0 Å². The van der Waals surface area contributed by atoms with E-state index in [0.717, 1.165) is 4.57 Å². The highest BCUT2D eigenvalue weighted by Crippen LogP contribution is 2.50. The smallest absolute Gasteiger partial charge is 0.376 e. The standard InChI is InChI=1S/C15H25N3O6Si/c1-6-8-15(9-7-2,25(22-3,23-4)24-5)10-11-18-13(20)16-12(19)17-14(18)21/h6-7H,1-2,8-11H2,3-5H3,(H2,16,17,19,20,21). The van der Waals surface area contributed by atoms with Gasteiger partial charge in [-0.05, 0) is 19.3 Å². The Labute approximate surface area is 146 Å². The molecular weight excluding hydrogens is 346 g/mol. The molecule has 0 radical (unpaired) electrons. The second-order valence-corrected chi connectivity index (χ2v) is 8.92. The molecule has 25 heavy (non-hydrogen) atoms. The second kappa shape index (κ2) is 8.90. The van der Waals surface area contributed by atoms with Crippen LogP contribution in [0.15, 0.2) is 39.7 Å². The number of hydrogen-bond donors (Lipinski definition) is 2. The zero-order valence-electron chi connectivity index (χ0n) is 14.8. The predicted molar refractivity (Wildman–Crippen MR) is 95.7 cm³/mol. The van der Waals surface area contributed by atoms with Gasteiger partial charge in [-0.2, -0.15) is 0 Å². The van der Waals surface area contributed by atoms with Gasteiger partial charge in [-0.15, -0.1) is 13.2 Å². The summed E-state index contributed by atoms with van der Waals surface area (Å²) in [4.78, 5) is 39.1. The number of nitrogens with zero attached hydrogens (tertiary/aromatic N) is 1. The van der Waals surface area contributed by atoms with Crippen LogP contribution in [0.3, 0.4) is 0 Å². The third kappa shape index (κ3) is 4.15. The Morgan fingerprint density at radius 3 is 1.80 bits per heavy atom. The first-order valence-corrected chi connectivity index (χ1v) is 9.38. The highest BCUT2D eigenvalue weighted by molar-refractivity contribution is 6.64. The van der Waals surface area contributed by atoms with E-state index in [1.807, 2.05) is 9.97 Å². The van der Waals surface area contributed by atoms with Crippen LogP contribution in [0, 0.1) is 0 Å². The van der Waals surface area contributed by atoms with E-state index in [2.05, 4.69) is 13.2 Å². The monoisotopic (exact) mass is 371 g/mol. The lowest BCUT2D eigenvalue weighted by molar-refractivity contribution is 0.0843. The topological polar surface area (TPSA) is 115 Å². The Morgan fingerprint density at radius 2 is 1.44 bits per heavy atom. The lowest BCUT2D eigenvalue weighted by Gasteiger charge is -2.43. The number of aromatic amines is 2. The molecular formula is C15H25N3O6Si. The number of H-pyrrole nitrogens is 2. The number of rotatable bonds is 11. The molecule has 0 saturated heterocycles. The highest BCUT2D eigenvalue weighted by atomic mass is 28.4. The molecule has 0 unspecified atom stereocenters. The predicted octanol–water partition coefficient (Wildman–Crippen LogP) is 0.386. The van der Waals surface area contributed by atoms with Crippen molar-refractivity contribution >= 4 is 8.80 Å². The van der Waals surface area contributed by atoms with Crippen molar-refractivity contribution in [1.82, 2.24) is 14.5 Å². The van der Waals surface area contributed by atoms with Crippen molar-refractivity contribution in [2.45, 2.75) is 30.8 Å². The van der Waals surface area contributed by atoms with Gasteiger partial charge in [0.2, 0.25) is 0 Å². The van der Waals surface area contributed by atoms with Gasteiger partial charge in [0.15, 0.2) is 0 Å². The van der Waals surface area contributed by atoms with E-state index in [0.29, 0.717) is 19.3 Å². The summed E-state index contributed by atoms with van der Waals surface area (Å²) in [5, 5.41) is -0.670. The molecule has 2 N–H and O–H groups in total. The Balaban J connectivity index is 3.37. The van der Waals surface area contributed by atoms with Crippen LogP contribution in [0.2, 0.25) is 5.04 Å². The fraction of sp³-hybridized carbons (Fsp3) is 0.533. The Morgan fingerprint density at radius 1 is 1.00 bits per heavy atom. The fourth-order valence-corrected chi connectivity index (χ4v) is 6.13. The quantitative estimate of drug-likeness (QED) is 0.429. The molecule has 140 valence electrons. The van der Waals surface area contributed by atoms with E-state index in [1.54, 1.807) is 12.2 Å². The zero-order valence-corrected chi connectivity index (χ0v) is 15.8. The van der Waals surface area contributed by atoms with Gasteiger partial charge in [0, 0.05) is 32.9 Å². The second-order valence-electron chi connectivity index (χ2n) is 5.53. The van der Waals surface area contributed by atoms with Gasteiger partial charge in [-0.25, -0.2) is 19.0 Å². The van der Waals surface area contributed by atoms with Crippen molar-refractivity contribution in [2.75, 3.05) is 21.3 Å². The summed E-state index contributed by atoms with van der Waals surface area (Å²) in [6.45, 7) is 7.61. The lowest BCUT2D eigenvalue weighted by atomic mass is 9.95. The van der Waals surface area contributed by atoms with Gasteiger partial charge in [-0.1, -0.05) is 12.2 Å². The van der Waals surface area contributed by atoms with Crippen LogP contribution in [0.4, 0.5) is 0 Å². The molecule has 0 bridgehead atoms. The van der Waals surface area contributed by atoms with Crippen molar-refractivity contribution in [3.63, 3.8) is 0 Å². The molecule has 0 saturated carbocycles. The molecule has 0 atom stereocenters.